The van der Waals surface area contributed by atoms with Crippen molar-refractivity contribution in [1.82, 2.24) is 0 Å². The number of ketones is 1. The molecule has 0 aliphatic carbocycles. The van der Waals surface area contributed by atoms with Crippen LogP contribution >= 0.6 is 0 Å². The van der Waals surface area contributed by atoms with Crippen LogP contribution in [0.3, 0.4) is 0 Å². The molecule has 1 heterocycles. The molecule has 0 saturated carbocycles. The maximum atomic E-state index is 13.0. The first kappa shape index (κ1) is 18.9. The second-order valence-corrected chi connectivity index (χ2v) is 6.42. The number of Topliss-reactive ketones (excluding diaryl/α,β-unsaturated/α-hetero) is 1. The Labute approximate surface area is 155 Å². The van der Waals surface area contributed by atoms with Crippen molar-refractivity contribution in [2.45, 2.75) is 38.6 Å². The number of benzene rings is 2. The Balaban J connectivity index is 1.73. The van der Waals surface area contributed by atoms with E-state index in [-0.39, 0.29) is 18.6 Å². The first-order valence-electron chi connectivity index (χ1n) is 8.53. The van der Waals surface area contributed by atoms with Gasteiger partial charge in [-0.15, -0.1) is 0 Å². The van der Waals surface area contributed by atoms with Crippen molar-refractivity contribution in [3.8, 4) is 5.75 Å². The van der Waals surface area contributed by atoms with Crippen LogP contribution in [0, 0.1) is 0 Å². The molecule has 4 nitrogen and oxygen atoms in total. The van der Waals surface area contributed by atoms with Crippen LogP contribution < -0.4 is 9.75 Å². The molecule has 142 valence electrons. The second kappa shape index (κ2) is 7.82. The lowest BCUT2D eigenvalue weighted by atomic mass is 10.0. The lowest BCUT2D eigenvalue weighted by molar-refractivity contribution is -0.117. The SMILES string of the molecule is CC(=O)CC1CC(C(F)(F)F)=NN1c1ccc(OCc2ccccc2)cc1. The van der Waals surface area contributed by atoms with Crippen LogP contribution in [-0.4, -0.2) is 23.7 Å². The molecule has 1 unspecified atom stereocenters. The first-order chi connectivity index (χ1) is 12.8. The molecule has 0 saturated heterocycles. The number of rotatable bonds is 6. The monoisotopic (exact) mass is 376 g/mol. The van der Waals surface area contributed by atoms with Gasteiger partial charge in [-0.3, -0.25) is 9.80 Å². The van der Waals surface area contributed by atoms with Gasteiger partial charge in [0.1, 0.15) is 23.9 Å². The van der Waals surface area contributed by atoms with Crippen LogP contribution in [0.15, 0.2) is 59.7 Å². The summed E-state index contributed by atoms with van der Waals surface area (Å²) in [5.41, 5.74) is 0.646. The van der Waals surface area contributed by atoms with Gasteiger partial charge in [-0.2, -0.15) is 18.3 Å². The summed E-state index contributed by atoms with van der Waals surface area (Å²) in [6.45, 7) is 1.76. The topological polar surface area (TPSA) is 41.9 Å². The average molecular weight is 376 g/mol. The van der Waals surface area contributed by atoms with Crippen molar-refractivity contribution in [2.75, 3.05) is 5.01 Å². The highest BCUT2D eigenvalue weighted by Crippen LogP contribution is 2.33. The van der Waals surface area contributed by atoms with E-state index in [2.05, 4.69) is 5.10 Å². The molecular weight excluding hydrogens is 357 g/mol. The van der Waals surface area contributed by atoms with Crippen LogP contribution in [-0.2, 0) is 11.4 Å². The number of halogens is 3. The van der Waals surface area contributed by atoms with Gasteiger partial charge >= 0.3 is 6.18 Å². The quantitative estimate of drug-likeness (QED) is 0.731. The predicted octanol–water partition coefficient (Wildman–Crippen LogP) is 4.74. The summed E-state index contributed by atoms with van der Waals surface area (Å²) >= 11 is 0. The van der Waals surface area contributed by atoms with Crippen LogP contribution in [0.5, 0.6) is 5.75 Å². The molecule has 27 heavy (non-hydrogen) atoms. The summed E-state index contributed by atoms with van der Waals surface area (Å²) in [4.78, 5) is 11.4. The molecule has 0 amide bonds. The summed E-state index contributed by atoms with van der Waals surface area (Å²) < 4.78 is 44.8. The van der Waals surface area contributed by atoms with Crippen molar-refractivity contribution in [2.24, 2.45) is 5.10 Å². The lowest BCUT2D eigenvalue weighted by Crippen LogP contribution is -2.29. The van der Waals surface area contributed by atoms with Gasteiger partial charge in [-0.25, -0.2) is 0 Å². The number of hydrogen-bond donors (Lipinski definition) is 0. The fourth-order valence-electron chi connectivity index (χ4n) is 2.93. The zero-order valence-electron chi connectivity index (χ0n) is 14.7. The molecule has 2 aromatic rings. The molecule has 0 radical (unpaired) electrons. The lowest BCUT2D eigenvalue weighted by Gasteiger charge is -2.22. The van der Waals surface area contributed by atoms with E-state index in [4.69, 9.17) is 4.74 Å². The van der Waals surface area contributed by atoms with Crippen molar-refractivity contribution in [3.05, 3.63) is 60.2 Å². The molecule has 7 heteroatoms. The Hall–Kier alpha value is -2.83. The molecule has 1 aliphatic heterocycles. The van der Waals surface area contributed by atoms with Crippen LogP contribution in [0.1, 0.15) is 25.3 Å². The molecular formula is C20H19F3N2O2. The molecule has 0 N–H and O–H groups in total. The third kappa shape index (κ3) is 4.87. The van der Waals surface area contributed by atoms with Gasteiger partial charge in [0, 0.05) is 12.8 Å². The maximum Gasteiger partial charge on any atom is 0.431 e. The molecule has 3 rings (SSSR count). The number of anilines is 1. The number of carbonyl (C=O) groups excluding carboxylic acids is 1. The fourth-order valence-corrected chi connectivity index (χ4v) is 2.93. The Bertz CT molecular complexity index is 817. The Kier molecular flexibility index (Phi) is 5.48. The molecule has 0 bridgehead atoms. The van der Waals surface area contributed by atoms with Crippen LogP contribution in [0.2, 0.25) is 0 Å². The highest BCUT2D eigenvalue weighted by atomic mass is 19.4. The van der Waals surface area contributed by atoms with E-state index in [9.17, 15) is 18.0 Å². The maximum absolute atomic E-state index is 13.0. The highest BCUT2D eigenvalue weighted by molar-refractivity contribution is 5.94. The van der Waals surface area contributed by atoms with E-state index in [0.29, 0.717) is 18.0 Å². The van der Waals surface area contributed by atoms with E-state index in [1.54, 1.807) is 24.3 Å². The van der Waals surface area contributed by atoms with Crippen molar-refractivity contribution >= 4 is 17.2 Å². The minimum Gasteiger partial charge on any atom is -0.489 e. The number of nitrogens with zero attached hydrogens (tertiary/aromatic N) is 2. The number of hydrogen-bond acceptors (Lipinski definition) is 4. The Morgan fingerprint density at radius 3 is 2.41 bits per heavy atom. The highest BCUT2D eigenvalue weighted by Gasteiger charge is 2.43. The predicted molar refractivity (Wildman–Crippen MR) is 96.9 cm³/mol. The van der Waals surface area contributed by atoms with Gasteiger partial charge in [0.05, 0.1) is 11.7 Å². The van der Waals surface area contributed by atoms with Crippen molar-refractivity contribution in [3.63, 3.8) is 0 Å². The van der Waals surface area contributed by atoms with E-state index in [1.165, 1.54) is 11.9 Å². The average Bonchev–Trinajstić information content (AvgIpc) is 3.05. The first-order valence-corrected chi connectivity index (χ1v) is 8.53. The fraction of sp³-hybridized carbons (Fsp3) is 0.300. The minimum absolute atomic E-state index is 0.00926. The smallest absolute Gasteiger partial charge is 0.431 e. The molecule has 2 aromatic carbocycles. The van der Waals surface area contributed by atoms with Gasteiger partial charge < -0.3 is 4.74 Å². The third-order valence-electron chi connectivity index (χ3n) is 4.20. The molecule has 0 fully saturated rings. The van der Waals surface area contributed by atoms with Crippen LogP contribution in [0.25, 0.3) is 0 Å². The summed E-state index contributed by atoms with van der Waals surface area (Å²) in [5.74, 6) is 0.427. The number of hydrazone groups is 1. The number of ether oxygens (including phenoxy) is 1. The summed E-state index contributed by atoms with van der Waals surface area (Å²) in [5, 5.41) is 5.00. The van der Waals surface area contributed by atoms with E-state index < -0.39 is 17.9 Å². The minimum atomic E-state index is -4.50. The van der Waals surface area contributed by atoms with Gasteiger partial charge in [0.15, 0.2) is 0 Å². The Morgan fingerprint density at radius 1 is 1.15 bits per heavy atom. The normalized spacial score (nSPS) is 17.0. The van der Waals surface area contributed by atoms with Crippen molar-refractivity contribution < 1.29 is 22.7 Å². The number of carbonyl (C=O) groups is 1. The molecule has 1 aliphatic rings. The number of alkyl halides is 3. The van der Waals surface area contributed by atoms with Gasteiger partial charge in [-0.1, -0.05) is 30.3 Å². The largest absolute Gasteiger partial charge is 0.489 e. The van der Waals surface area contributed by atoms with Crippen LogP contribution in [0.4, 0.5) is 18.9 Å². The molecule has 0 aromatic heterocycles. The second-order valence-electron chi connectivity index (χ2n) is 6.42. The summed E-state index contributed by atoms with van der Waals surface area (Å²) in [6, 6.07) is 15.7. The molecule has 0 spiro atoms. The van der Waals surface area contributed by atoms with E-state index in [0.717, 1.165) is 5.56 Å². The van der Waals surface area contributed by atoms with Gasteiger partial charge in [0.2, 0.25) is 0 Å². The Morgan fingerprint density at radius 2 is 1.81 bits per heavy atom. The zero-order chi connectivity index (χ0) is 19.4. The summed E-state index contributed by atoms with van der Waals surface area (Å²) in [7, 11) is 0. The zero-order valence-corrected chi connectivity index (χ0v) is 14.7. The van der Waals surface area contributed by atoms with E-state index >= 15 is 0 Å². The third-order valence-corrected chi connectivity index (χ3v) is 4.20. The van der Waals surface area contributed by atoms with Gasteiger partial charge in [0.25, 0.3) is 0 Å². The van der Waals surface area contributed by atoms with Crippen molar-refractivity contribution in [1.29, 1.82) is 0 Å². The van der Waals surface area contributed by atoms with E-state index in [1.807, 2.05) is 30.3 Å². The summed E-state index contributed by atoms with van der Waals surface area (Å²) in [6.07, 6.45) is -4.78. The molecule has 1 atom stereocenters. The standard InChI is InChI=1S/C20H19F3N2O2/c1-14(26)11-17-12-19(20(21,22)23)24-25(17)16-7-9-18(10-8-16)27-13-15-5-3-2-4-6-15/h2-10,17H,11-13H2,1H3. The van der Waals surface area contributed by atoms with Gasteiger partial charge in [-0.05, 0) is 36.8 Å².